The zero-order valence-electron chi connectivity index (χ0n) is 9.29. The van der Waals surface area contributed by atoms with Crippen LogP contribution in [0.4, 0.5) is 0 Å². The van der Waals surface area contributed by atoms with Gasteiger partial charge in [0.15, 0.2) is 6.61 Å². The Labute approximate surface area is 89.6 Å². The van der Waals surface area contributed by atoms with E-state index in [1.807, 2.05) is 20.8 Å². The summed E-state index contributed by atoms with van der Waals surface area (Å²) in [5.41, 5.74) is -0.118. The number of aliphatic carboxylic acids is 1. The summed E-state index contributed by atoms with van der Waals surface area (Å²) in [6, 6.07) is 0. The molecule has 0 heterocycles. The van der Waals surface area contributed by atoms with Gasteiger partial charge in [-0.05, 0) is 20.8 Å². The first-order chi connectivity index (χ1) is 6.81. The van der Waals surface area contributed by atoms with E-state index < -0.39 is 11.9 Å². The van der Waals surface area contributed by atoms with Gasteiger partial charge in [-0.1, -0.05) is 11.8 Å². The van der Waals surface area contributed by atoms with Gasteiger partial charge in [-0.15, -0.1) is 0 Å². The summed E-state index contributed by atoms with van der Waals surface area (Å²) >= 11 is 0. The topological polar surface area (TPSA) is 63.6 Å². The highest BCUT2D eigenvalue weighted by molar-refractivity contribution is 5.76. The third-order valence-corrected chi connectivity index (χ3v) is 1.31. The highest BCUT2D eigenvalue weighted by atomic mass is 16.5. The smallest absolute Gasteiger partial charge is 0.307 e. The van der Waals surface area contributed by atoms with Crippen molar-refractivity contribution in [2.45, 2.75) is 33.6 Å². The molecule has 0 aliphatic carbocycles. The number of ether oxygens (including phenoxy) is 1. The van der Waals surface area contributed by atoms with Gasteiger partial charge >= 0.3 is 11.9 Å². The van der Waals surface area contributed by atoms with Crippen molar-refractivity contribution in [3.05, 3.63) is 0 Å². The molecule has 0 rings (SSSR count). The van der Waals surface area contributed by atoms with Crippen molar-refractivity contribution in [2.24, 2.45) is 5.41 Å². The molecule has 0 unspecified atom stereocenters. The average molecular weight is 212 g/mol. The molecule has 0 amide bonds. The summed E-state index contributed by atoms with van der Waals surface area (Å²) in [6.45, 7) is 5.88. The van der Waals surface area contributed by atoms with Crippen LogP contribution in [0, 0.1) is 17.3 Å². The van der Waals surface area contributed by atoms with Gasteiger partial charge in [-0.25, -0.2) is 0 Å². The molecule has 0 bridgehead atoms. The SMILES string of the molecule is CC(C)(C)C#CCOC(=O)CCC(=O)O. The van der Waals surface area contributed by atoms with Crippen LogP contribution in [0.2, 0.25) is 0 Å². The minimum Gasteiger partial charge on any atom is -0.481 e. The molecule has 0 aromatic carbocycles. The van der Waals surface area contributed by atoms with Gasteiger partial charge in [0.25, 0.3) is 0 Å². The minimum absolute atomic E-state index is 0.0235. The summed E-state index contributed by atoms with van der Waals surface area (Å²) < 4.78 is 4.71. The van der Waals surface area contributed by atoms with Crippen LogP contribution in [-0.2, 0) is 14.3 Å². The first kappa shape index (κ1) is 13.5. The van der Waals surface area contributed by atoms with E-state index in [1.54, 1.807) is 0 Å². The van der Waals surface area contributed by atoms with Crippen LogP contribution in [0.3, 0.4) is 0 Å². The lowest BCUT2D eigenvalue weighted by molar-refractivity contribution is -0.146. The first-order valence-electron chi connectivity index (χ1n) is 4.69. The first-order valence-corrected chi connectivity index (χ1v) is 4.69. The molecule has 0 saturated carbocycles. The minimum atomic E-state index is -1.01. The van der Waals surface area contributed by atoms with Gasteiger partial charge in [-0.3, -0.25) is 9.59 Å². The van der Waals surface area contributed by atoms with Crippen LogP contribution in [0.1, 0.15) is 33.6 Å². The molecule has 0 atom stereocenters. The van der Waals surface area contributed by atoms with Crippen molar-refractivity contribution < 1.29 is 19.4 Å². The Morgan fingerprint density at radius 2 is 1.87 bits per heavy atom. The fourth-order valence-electron chi connectivity index (χ4n) is 0.699. The van der Waals surface area contributed by atoms with Crippen LogP contribution in [-0.4, -0.2) is 23.7 Å². The summed E-state index contributed by atoms with van der Waals surface area (Å²) in [5, 5.41) is 8.30. The molecule has 84 valence electrons. The van der Waals surface area contributed by atoms with E-state index in [0.29, 0.717) is 0 Å². The molecule has 1 N–H and O–H groups in total. The van der Waals surface area contributed by atoms with Gasteiger partial charge < -0.3 is 9.84 Å². The molecule has 0 fully saturated rings. The van der Waals surface area contributed by atoms with Crippen molar-refractivity contribution in [1.82, 2.24) is 0 Å². The van der Waals surface area contributed by atoms with E-state index >= 15 is 0 Å². The second-order valence-electron chi connectivity index (χ2n) is 4.11. The average Bonchev–Trinajstić information content (AvgIpc) is 2.07. The van der Waals surface area contributed by atoms with Gasteiger partial charge in [0.1, 0.15) is 0 Å². The summed E-state index contributed by atoms with van der Waals surface area (Å²) in [4.78, 5) is 21.0. The third kappa shape index (κ3) is 10.4. The Morgan fingerprint density at radius 1 is 1.27 bits per heavy atom. The van der Waals surface area contributed by atoms with Gasteiger partial charge in [0.05, 0.1) is 12.8 Å². The zero-order chi connectivity index (χ0) is 11.9. The molecule has 0 radical (unpaired) electrons. The summed E-state index contributed by atoms with van der Waals surface area (Å²) in [6.07, 6.45) is -0.307. The van der Waals surface area contributed by atoms with E-state index in [9.17, 15) is 9.59 Å². The number of esters is 1. The maximum absolute atomic E-state index is 10.9. The van der Waals surface area contributed by atoms with E-state index in [4.69, 9.17) is 9.84 Å². The summed E-state index contributed by atoms with van der Waals surface area (Å²) in [5.74, 6) is 4.07. The molecule has 0 aromatic rings. The van der Waals surface area contributed by atoms with Gasteiger partial charge in [0, 0.05) is 5.41 Å². The lowest BCUT2D eigenvalue weighted by Gasteiger charge is -2.06. The van der Waals surface area contributed by atoms with Crippen LogP contribution < -0.4 is 0 Å². The van der Waals surface area contributed by atoms with E-state index in [0.717, 1.165) is 0 Å². The number of carbonyl (C=O) groups is 2. The van der Waals surface area contributed by atoms with Gasteiger partial charge in [-0.2, -0.15) is 0 Å². The monoisotopic (exact) mass is 212 g/mol. The molecule has 0 spiro atoms. The van der Waals surface area contributed by atoms with E-state index in [2.05, 4.69) is 11.8 Å². The Balaban J connectivity index is 3.72. The molecular weight excluding hydrogens is 196 g/mol. The normalized spacial score (nSPS) is 10.1. The Bertz CT molecular complexity index is 288. The van der Waals surface area contributed by atoms with Crippen LogP contribution in [0.15, 0.2) is 0 Å². The number of rotatable bonds is 4. The van der Waals surface area contributed by atoms with E-state index in [1.165, 1.54) is 0 Å². The molecule has 0 aromatic heterocycles. The lowest BCUT2D eigenvalue weighted by Crippen LogP contribution is -2.08. The second kappa shape index (κ2) is 6.07. The zero-order valence-corrected chi connectivity index (χ0v) is 9.29. The lowest BCUT2D eigenvalue weighted by atomic mass is 9.98. The largest absolute Gasteiger partial charge is 0.481 e. The number of carboxylic acids is 1. The van der Waals surface area contributed by atoms with Crippen LogP contribution in [0.5, 0.6) is 0 Å². The molecule has 4 heteroatoms. The highest BCUT2D eigenvalue weighted by Gasteiger charge is 2.06. The van der Waals surface area contributed by atoms with Crippen molar-refractivity contribution in [1.29, 1.82) is 0 Å². The standard InChI is InChI=1S/C11H16O4/c1-11(2,3)7-4-8-15-10(14)6-5-9(12)13/h5-6,8H2,1-3H3,(H,12,13). The Kier molecular flexibility index (Phi) is 5.46. The number of hydrogen-bond acceptors (Lipinski definition) is 3. The van der Waals surface area contributed by atoms with Crippen LogP contribution >= 0.6 is 0 Å². The van der Waals surface area contributed by atoms with E-state index in [-0.39, 0.29) is 24.9 Å². The summed E-state index contributed by atoms with van der Waals surface area (Å²) in [7, 11) is 0. The van der Waals surface area contributed by atoms with Crippen molar-refractivity contribution in [3.8, 4) is 11.8 Å². The second-order valence-corrected chi connectivity index (χ2v) is 4.11. The van der Waals surface area contributed by atoms with Crippen molar-refractivity contribution in [2.75, 3.05) is 6.61 Å². The van der Waals surface area contributed by atoms with Crippen LogP contribution in [0.25, 0.3) is 0 Å². The quantitative estimate of drug-likeness (QED) is 0.565. The third-order valence-electron chi connectivity index (χ3n) is 1.31. The fourth-order valence-corrected chi connectivity index (χ4v) is 0.699. The molecular formula is C11H16O4. The molecule has 0 aliphatic rings. The molecule has 0 aliphatic heterocycles. The predicted molar refractivity (Wildman–Crippen MR) is 55.1 cm³/mol. The maximum atomic E-state index is 10.9. The number of carboxylic acid groups (broad SMARTS) is 1. The highest BCUT2D eigenvalue weighted by Crippen LogP contribution is 2.09. The Morgan fingerprint density at radius 3 is 2.33 bits per heavy atom. The van der Waals surface area contributed by atoms with Crippen molar-refractivity contribution in [3.63, 3.8) is 0 Å². The molecule has 4 nitrogen and oxygen atoms in total. The number of carbonyl (C=O) groups excluding carboxylic acids is 1. The fraction of sp³-hybridized carbons (Fsp3) is 0.636. The Hall–Kier alpha value is -1.50. The maximum Gasteiger partial charge on any atom is 0.307 e. The van der Waals surface area contributed by atoms with Crippen molar-refractivity contribution >= 4 is 11.9 Å². The predicted octanol–water partition coefficient (Wildman–Crippen LogP) is 1.44. The number of hydrogen-bond donors (Lipinski definition) is 1. The molecule has 15 heavy (non-hydrogen) atoms. The van der Waals surface area contributed by atoms with Gasteiger partial charge in [0.2, 0.25) is 0 Å². The molecule has 0 saturated heterocycles.